The Labute approximate surface area is 146 Å². The van der Waals surface area contributed by atoms with Gasteiger partial charge in [0.25, 0.3) is 5.22 Å². The first-order chi connectivity index (χ1) is 11.4. The Morgan fingerprint density at radius 3 is 2.83 bits per heavy atom. The van der Waals surface area contributed by atoms with E-state index in [1.807, 2.05) is 39.0 Å². The number of aryl methyl sites for hydroxylation is 1. The number of rotatable bonds is 7. The van der Waals surface area contributed by atoms with Gasteiger partial charge in [0.05, 0.1) is 11.8 Å². The first-order valence-electron chi connectivity index (χ1n) is 8.00. The van der Waals surface area contributed by atoms with Crippen molar-refractivity contribution >= 4 is 23.4 Å². The molecule has 0 saturated carbocycles. The maximum absolute atomic E-state index is 12.1. The molecule has 6 nitrogen and oxygen atoms in total. The van der Waals surface area contributed by atoms with E-state index in [4.69, 9.17) is 10.2 Å². The fraction of sp³-hybridized carbons (Fsp3) is 0.471. The smallest absolute Gasteiger partial charge is 0.277 e. The first kappa shape index (κ1) is 18.5. The van der Waals surface area contributed by atoms with E-state index in [2.05, 4.69) is 22.4 Å². The van der Waals surface area contributed by atoms with Crippen LogP contribution in [0.2, 0.25) is 0 Å². The lowest BCUT2D eigenvalue weighted by Crippen LogP contribution is -2.18. The minimum Gasteiger partial charge on any atom is -0.414 e. The van der Waals surface area contributed by atoms with Crippen LogP contribution in [0.5, 0.6) is 0 Å². The fourth-order valence-electron chi connectivity index (χ4n) is 2.11. The average molecular weight is 348 g/mol. The highest BCUT2D eigenvalue weighted by atomic mass is 32.2. The number of nitrogens with one attached hydrogen (secondary N) is 1. The lowest BCUT2D eigenvalue weighted by Gasteiger charge is -2.13. The van der Waals surface area contributed by atoms with Crippen LogP contribution in [0.25, 0.3) is 0 Å². The molecule has 24 heavy (non-hydrogen) atoms. The van der Waals surface area contributed by atoms with Crippen molar-refractivity contribution in [3.05, 3.63) is 35.2 Å². The summed E-state index contributed by atoms with van der Waals surface area (Å²) in [4.78, 5) is 12.1. The van der Waals surface area contributed by atoms with Crippen LogP contribution in [-0.2, 0) is 4.79 Å². The molecule has 0 bridgehead atoms. The standard InChI is InChI=1S/C17H24N4O2S/c1-5-10(2)15(18)16-20-21-17(23-16)24-9-14(22)19-13-8-6-7-11(3)12(13)4/h6-8,10,15H,5,9,18H2,1-4H3,(H,19,22). The van der Waals surface area contributed by atoms with Crippen molar-refractivity contribution in [2.45, 2.75) is 45.4 Å². The van der Waals surface area contributed by atoms with E-state index in [0.29, 0.717) is 11.1 Å². The summed E-state index contributed by atoms with van der Waals surface area (Å²) in [6, 6.07) is 5.55. The van der Waals surface area contributed by atoms with E-state index in [1.165, 1.54) is 11.8 Å². The molecule has 2 atom stereocenters. The van der Waals surface area contributed by atoms with E-state index >= 15 is 0 Å². The molecule has 1 aromatic carbocycles. The van der Waals surface area contributed by atoms with Crippen LogP contribution in [0.1, 0.15) is 43.3 Å². The van der Waals surface area contributed by atoms with E-state index < -0.39 is 0 Å². The van der Waals surface area contributed by atoms with Crippen molar-refractivity contribution in [2.24, 2.45) is 11.7 Å². The second-order valence-electron chi connectivity index (χ2n) is 5.90. The molecule has 3 N–H and O–H groups in total. The second-order valence-corrected chi connectivity index (χ2v) is 6.83. The number of nitrogens with two attached hydrogens (primary N) is 1. The number of benzene rings is 1. The Bertz CT molecular complexity index is 702. The molecule has 0 fully saturated rings. The van der Waals surface area contributed by atoms with Gasteiger partial charge in [0.1, 0.15) is 0 Å². The summed E-state index contributed by atoms with van der Waals surface area (Å²) in [5.41, 5.74) is 9.10. The molecule has 1 amide bonds. The van der Waals surface area contributed by atoms with Crippen molar-refractivity contribution in [1.29, 1.82) is 0 Å². The third kappa shape index (κ3) is 4.58. The van der Waals surface area contributed by atoms with Gasteiger partial charge in [0.15, 0.2) is 0 Å². The van der Waals surface area contributed by atoms with Crippen LogP contribution in [0.3, 0.4) is 0 Å². The zero-order chi connectivity index (χ0) is 17.7. The van der Waals surface area contributed by atoms with Crippen molar-refractivity contribution in [3.8, 4) is 0 Å². The van der Waals surface area contributed by atoms with Gasteiger partial charge in [-0.25, -0.2) is 0 Å². The Balaban J connectivity index is 1.90. The number of amides is 1. The Hall–Kier alpha value is -1.86. The molecule has 0 aliphatic carbocycles. The zero-order valence-electron chi connectivity index (χ0n) is 14.5. The SMILES string of the molecule is CCC(C)C(N)c1nnc(SCC(=O)Nc2cccc(C)c2C)o1. The van der Waals surface area contributed by atoms with Gasteiger partial charge in [-0.3, -0.25) is 4.79 Å². The van der Waals surface area contributed by atoms with Gasteiger partial charge >= 0.3 is 0 Å². The van der Waals surface area contributed by atoms with E-state index in [9.17, 15) is 4.79 Å². The summed E-state index contributed by atoms with van der Waals surface area (Å²) < 4.78 is 5.55. The van der Waals surface area contributed by atoms with Crippen LogP contribution in [0.15, 0.2) is 27.8 Å². The predicted octanol–water partition coefficient (Wildman–Crippen LogP) is 3.46. The summed E-state index contributed by atoms with van der Waals surface area (Å²) in [6.45, 7) is 8.10. The van der Waals surface area contributed by atoms with Crippen molar-refractivity contribution in [3.63, 3.8) is 0 Å². The number of aromatic nitrogens is 2. The highest BCUT2D eigenvalue weighted by molar-refractivity contribution is 7.99. The molecule has 0 aliphatic rings. The molecule has 7 heteroatoms. The summed E-state index contributed by atoms with van der Waals surface area (Å²) in [5, 5.41) is 11.2. The van der Waals surface area contributed by atoms with Crippen molar-refractivity contribution < 1.29 is 9.21 Å². The van der Waals surface area contributed by atoms with Crippen LogP contribution >= 0.6 is 11.8 Å². The maximum atomic E-state index is 12.1. The molecule has 0 saturated heterocycles. The highest BCUT2D eigenvalue weighted by Gasteiger charge is 2.20. The molecule has 0 aliphatic heterocycles. The predicted molar refractivity (Wildman–Crippen MR) is 96.0 cm³/mol. The molecule has 1 heterocycles. The quantitative estimate of drug-likeness (QED) is 0.744. The van der Waals surface area contributed by atoms with Crippen LogP contribution in [0, 0.1) is 19.8 Å². The lowest BCUT2D eigenvalue weighted by molar-refractivity contribution is -0.113. The zero-order valence-corrected chi connectivity index (χ0v) is 15.3. The molecule has 2 aromatic rings. The average Bonchev–Trinajstić information content (AvgIpc) is 3.04. The first-order valence-corrected chi connectivity index (χ1v) is 8.98. The van der Waals surface area contributed by atoms with E-state index in [0.717, 1.165) is 23.2 Å². The minimum absolute atomic E-state index is 0.111. The van der Waals surface area contributed by atoms with Gasteiger partial charge in [-0.15, -0.1) is 10.2 Å². The number of carbonyl (C=O) groups is 1. The minimum atomic E-state index is -0.277. The maximum Gasteiger partial charge on any atom is 0.277 e. The fourth-order valence-corrected chi connectivity index (χ4v) is 2.68. The van der Waals surface area contributed by atoms with Gasteiger partial charge in [0.2, 0.25) is 11.8 Å². The normalized spacial score (nSPS) is 13.5. The third-order valence-electron chi connectivity index (χ3n) is 4.17. The van der Waals surface area contributed by atoms with E-state index in [1.54, 1.807) is 0 Å². The van der Waals surface area contributed by atoms with Crippen molar-refractivity contribution in [2.75, 3.05) is 11.1 Å². The van der Waals surface area contributed by atoms with Crippen LogP contribution in [0.4, 0.5) is 5.69 Å². The summed E-state index contributed by atoms with van der Waals surface area (Å²) in [5.74, 6) is 0.769. The number of hydrogen-bond donors (Lipinski definition) is 2. The molecule has 2 unspecified atom stereocenters. The lowest BCUT2D eigenvalue weighted by atomic mass is 10.0. The summed E-state index contributed by atoms with van der Waals surface area (Å²) in [6.07, 6.45) is 0.935. The molecule has 2 rings (SSSR count). The number of thioether (sulfide) groups is 1. The van der Waals surface area contributed by atoms with Crippen molar-refractivity contribution in [1.82, 2.24) is 10.2 Å². The van der Waals surface area contributed by atoms with Gasteiger partial charge < -0.3 is 15.5 Å². The molecule has 130 valence electrons. The number of anilines is 1. The topological polar surface area (TPSA) is 94.0 Å². The number of carbonyl (C=O) groups excluding carboxylic acids is 1. The van der Waals surface area contributed by atoms with Crippen LogP contribution < -0.4 is 11.1 Å². The molecule has 0 spiro atoms. The van der Waals surface area contributed by atoms with Gasteiger partial charge in [-0.2, -0.15) is 0 Å². The second kappa shape index (κ2) is 8.30. The molecular weight excluding hydrogens is 324 g/mol. The number of hydrogen-bond acceptors (Lipinski definition) is 6. The molecular formula is C17H24N4O2S. The Morgan fingerprint density at radius 1 is 1.38 bits per heavy atom. The van der Waals surface area contributed by atoms with E-state index in [-0.39, 0.29) is 23.6 Å². The molecule has 0 radical (unpaired) electrons. The van der Waals surface area contributed by atoms with Crippen LogP contribution in [-0.4, -0.2) is 21.9 Å². The molecule has 1 aromatic heterocycles. The van der Waals surface area contributed by atoms with Gasteiger partial charge in [0, 0.05) is 5.69 Å². The van der Waals surface area contributed by atoms with Gasteiger partial charge in [-0.1, -0.05) is 44.2 Å². The number of nitrogens with zero attached hydrogens (tertiary/aromatic N) is 2. The largest absolute Gasteiger partial charge is 0.414 e. The Kier molecular flexibility index (Phi) is 6.39. The third-order valence-corrected chi connectivity index (χ3v) is 4.99. The highest BCUT2D eigenvalue weighted by Crippen LogP contribution is 2.24. The van der Waals surface area contributed by atoms with Gasteiger partial charge in [-0.05, 0) is 37.0 Å². The summed E-state index contributed by atoms with van der Waals surface area (Å²) >= 11 is 1.21. The monoisotopic (exact) mass is 348 g/mol. The Morgan fingerprint density at radius 2 is 2.12 bits per heavy atom. The summed E-state index contributed by atoms with van der Waals surface area (Å²) in [7, 11) is 0.